The van der Waals surface area contributed by atoms with Gasteiger partial charge in [-0.25, -0.2) is 4.79 Å². The second kappa shape index (κ2) is 8.75. The molecule has 146 valence electrons. The summed E-state index contributed by atoms with van der Waals surface area (Å²) in [6.07, 6.45) is -1.83. The average molecular weight is 369 g/mol. The third-order valence-corrected chi connectivity index (χ3v) is 4.27. The first-order valence-electron chi connectivity index (χ1n) is 8.34. The van der Waals surface area contributed by atoms with Crippen LogP contribution in [-0.4, -0.2) is 45.7 Å². The summed E-state index contributed by atoms with van der Waals surface area (Å²) in [7, 11) is 0. The van der Waals surface area contributed by atoms with Crippen molar-refractivity contribution in [2.75, 3.05) is 6.61 Å². The Morgan fingerprint density at radius 3 is 2.27 bits per heavy atom. The highest BCUT2D eigenvalue weighted by Crippen LogP contribution is 2.30. The molecule has 3 atom stereocenters. The fraction of sp³-hybridized carbons (Fsp3) is 0.556. The van der Waals surface area contributed by atoms with Crippen LogP contribution in [0.25, 0.3) is 0 Å². The summed E-state index contributed by atoms with van der Waals surface area (Å²) < 4.78 is 10.1. The molecule has 0 fully saturated rings. The van der Waals surface area contributed by atoms with Crippen LogP contribution in [-0.2, 0) is 20.7 Å². The van der Waals surface area contributed by atoms with Gasteiger partial charge in [0.25, 0.3) is 0 Å². The molecule has 0 amide bonds. The lowest BCUT2D eigenvalue weighted by atomic mass is 9.78. The fourth-order valence-electron chi connectivity index (χ4n) is 2.39. The quantitative estimate of drug-likeness (QED) is 0.404. The SMILES string of the molecule is CC(C)COC(=O)O[C@H](C)[C@@H](C)[C@](N)(Cc1ccc(O)c(O)c1)C(=O)O. The number of phenols is 2. The number of phenolic OH excluding ortho intramolecular Hbond substituents is 2. The lowest BCUT2D eigenvalue weighted by Gasteiger charge is -2.34. The van der Waals surface area contributed by atoms with E-state index in [2.05, 4.69) is 0 Å². The van der Waals surface area contributed by atoms with E-state index in [0.717, 1.165) is 0 Å². The molecule has 1 rings (SSSR count). The Kier molecular flexibility index (Phi) is 7.26. The summed E-state index contributed by atoms with van der Waals surface area (Å²) in [5.41, 5.74) is 4.79. The molecule has 8 nitrogen and oxygen atoms in total. The summed E-state index contributed by atoms with van der Waals surface area (Å²) in [6, 6.07) is 3.96. The van der Waals surface area contributed by atoms with E-state index in [1.807, 2.05) is 13.8 Å². The molecule has 0 aliphatic carbocycles. The van der Waals surface area contributed by atoms with Crippen molar-refractivity contribution >= 4 is 12.1 Å². The van der Waals surface area contributed by atoms with Crippen LogP contribution in [0.1, 0.15) is 33.3 Å². The first-order valence-corrected chi connectivity index (χ1v) is 8.34. The van der Waals surface area contributed by atoms with Gasteiger partial charge in [0.2, 0.25) is 0 Å². The van der Waals surface area contributed by atoms with Crippen LogP contribution in [0.15, 0.2) is 18.2 Å². The van der Waals surface area contributed by atoms with E-state index < -0.39 is 29.7 Å². The molecule has 8 heteroatoms. The molecule has 0 bridgehead atoms. The van der Waals surface area contributed by atoms with E-state index in [1.54, 1.807) is 13.8 Å². The van der Waals surface area contributed by atoms with Gasteiger partial charge in [-0.1, -0.05) is 26.8 Å². The van der Waals surface area contributed by atoms with Crippen LogP contribution in [0.3, 0.4) is 0 Å². The van der Waals surface area contributed by atoms with E-state index in [4.69, 9.17) is 15.2 Å². The number of hydrogen-bond donors (Lipinski definition) is 4. The van der Waals surface area contributed by atoms with Crippen molar-refractivity contribution in [1.82, 2.24) is 0 Å². The number of rotatable bonds is 8. The van der Waals surface area contributed by atoms with Crippen LogP contribution in [0.2, 0.25) is 0 Å². The molecule has 0 saturated heterocycles. The number of hydrogen-bond acceptors (Lipinski definition) is 7. The average Bonchev–Trinajstić information content (AvgIpc) is 2.55. The third-order valence-electron chi connectivity index (χ3n) is 4.27. The number of carbonyl (C=O) groups is 2. The summed E-state index contributed by atoms with van der Waals surface area (Å²) in [4.78, 5) is 23.5. The minimum absolute atomic E-state index is 0.133. The predicted molar refractivity (Wildman–Crippen MR) is 93.9 cm³/mol. The smallest absolute Gasteiger partial charge is 0.504 e. The summed E-state index contributed by atoms with van der Waals surface area (Å²) in [5, 5.41) is 28.6. The number of carboxylic acid groups (broad SMARTS) is 1. The minimum atomic E-state index is -1.76. The van der Waals surface area contributed by atoms with Gasteiger partial charge in [0.05, 0.1) is 6.61 Å². The van der Waals surface area contributed by atoms with Crippen molar-refractivity contribution in [3.63, 3.8) is 0 Å². The van der Waals surface area contributed by atoms with Crippen LogP contribution < -0.4 is 5.73 Å². The summed E-state index contributed by atoms with van der Waals surface area (Å²) >= 11 is 0. The minimum Gasteiger partial charge on any atom is -0.504 e. The van der Waals surface area contributed by atoms with Crippen LogP contribution >= 0.6 is 0 Å². The van der Waals surface area contributed by atoms with Gasteiger partial charge < -0.3 is 30.5 Å². The Balaban J connectivity index is 2.90. The maximum Gasteiger partial charge on any atom is 0.508 e. The Hall–Kier alpha value is -2.48. The molecule has 0 unspecified atom stereocenters. The highest BCUT2D eigenvalue weighted by Gasteiger charge is 2.44. The molecule has 5 N–H and O–H groups in total. The Morgan fingerprint density at radius 1 is 1.15 bits per heavy atom. The monoisotopic (exact) mass is 369 g/mol. The van der Waals surface area contributed by atoms with Crippen molar-refractivity contribution in [3.05, 3.63) is 23.8 Å². The lowest BCUT2D eigenvalue weighted by molar-refractivity contribution is -0.147. The molecule has 26 heavy (non-hydrogen) atoms. The highest BCUT2D eigenvalue weighted by molar-refractivity contribution is 5.79. The maximum absolute atomic E-state index is 11.8. The number of carbonyl (C=O) groups excluding carboxylic acids is 1. The van der Waals surface area contributed by atoms with Crippen LogP contribution in [0.4, 0.5) is 4.79 Å². The van der Waals surface area contributed by atoms with Gasteiger partial charge >= 0.3 is 12.1 Å². The topological polar surface area (TPSA) is 139 Å². The van der Waals surface area contributed by atoms with E-state index in [9.17, 15) is 24.9 Å². The molecule has 0 radical (unpaired) electrons. The molecule has 0 aromatic heterocycles. The fourth-order valence-corrected chi connectivity index (χ4v) is 2.39. The van der Waals surface area contributed by atoms with Crippen molar-refractivity contribution in [2.45, 2.75) is 45.8 Å². The van der Waals surface area contributed by atoms with Gasteiger partial charge in [0.15, 0.2) is 11.5 Å². The van der Waals surface area contributed by atoms with Gasteiger partial charge in [0, 0.05) is 12.3 Å². The van der Waals surface area contributed by atoms with Crippen LogP contribution in [0, 0.1) is 11.8 Å². The number of aliphatic carboxylic acids is 1. The number of benzene rings is 1. The van der Waals surface area contributed by atoms with E-state index in [1.165, 1.54) is 18.2 Å². The number of aromatic hydroxyl groups is 2. The molecule has 0 saturated carbocycles. The third kappa shape index (κ3) is 5.52. The zero-order chi connectivity index (χ0) is 20.1. The van der Waals surface area contributed by atoms with Gasteiger partial charge in [0.1, 0.15) is 11.6 Å². The summed E-state index contributed by atoms with van der Waals surface area (Å²) in [6.45, 7) is 7.05. The second-order valence-corrected chi connectivity index (χ2v) is 6.91. The number of ether oxygens (including phenoxy) is 2. The van der Waals surface area contributed by atoms with E-state index in [0.29, 0.717) is 5.56 Å². The Morgan fingerprint density at radius 2 is 1.77 bits per heavy atom. The zero-order valence-electron chi connectivity index (χ0n) is 15.4. The largest absolute Gasteiger partial charge is 0.508 e. The van der Waals surface area contributed by atoms with Crippen LogP contribution in [0.5, 0.6) is 11.5 Å². The van der Waals surface area contributed by atoms with Gasteiger partial charge in [-0.05, 0) is 30.5 Å². The first-order chi connectivity index (χ1) is 12.0. The lowest BCUT2D eigenvalue weighted by Crippen LogP contribution is -2.58. The molecule has 0 spiro atoms. The Labute approximate surface area is 152 Å². The molecular weight excluding hydrogens is 342 g/mol. The standard InChI is InChI=1S/C18H27NO7/c1-10(2)9-25-17(24)26-12(4)11(3)18(19,16(22)23)8-13-5-6-14(20)15(21)7-13/h5-7,10-12,20-21H,8-9,19H2,1-4H3,(H,22,23)/t11-,12-,18-/m1/s1. The normalized spacial score (nSPS) is 15.8. The Bertz CT molecular complexity index is 646. The summed E-state index contributed by atoms with van der Waals surface area (Å²) in [5.74, 6) is -2.58. The first kappa shape index (κ1) is 21.6. The van der Waals surface area contributed by atoms with Gasteiger partial charge in [-0.2, -0.15) is 0 Å². The maximum atomic E-state index is 11.8. The van der Waals surface area contributed by atoms with Crippen molar-refractivity contribution in [2.24, 2.45) is 17.6 Å². The van der Waals surface area contributed by atoms with Gasteiger partial charge in [-0.15, -0.1) is 0 Å². The number of carboxylic acids is 1. The molecule has 1 aromatic rings. The second-order valence-electron chi connectivity index (χ2n) is 6.91. The van der Waals surface area contributed by atoms with Crippen molar-refractivity contribution in [1.29, 1.82) is 0 Å². The molecule has 0 heterocycles. The van der Waals surface area contributed by atoms with Crippen molar-refractivity contribution < 1.29 is 34.4 Å². The molecule has 0 aliphatic heterocycles. The molecular formula is C18H27NO7. The van der Waals surface area contributed by atoms with E-state index in [-0.39, 0.29) is 30.4 Å². The van der Waals surface area contributed by atoms with Crippen molar-refractivity contribution in [3.8, 4) is 11.5 Å². The highest BCUT2D eigenvalue weighted by atomic mass is 16.7. The van der Waals surface area contributed by atoms with E-state index >= 15 is 0 Å². The zero-order valence-corrected chi connectivity index (χ0v) is 15.4. The number of nitrogens with two attached hydrogens (primary N) is 1. The molecule has 1 aromatic carbocycles. The molecule has 0 aliphatic rings. The van der Waals surface area contributed by atoms with Gasteiger partial charge in [-0.3, -0.25) is 4.79 Å². The predicted octanol–water partition coefficient (Wildman–Crippen LogP) is 2.26.